The summed E-state index contributed by atoms with van der Waals surface area (Å²) in [7, 11) is -2.88. The number of rotatable bonds is 21. The molecule has 2 nitrogen and oxygen atoms in total. The van der Waals surface area contributed by atoms with Crippen LogP contribution in [0.25, 0.3) is 0 Å². The van der Waals surface area contributed by atoms with Gasteiger partial charge in [-0.25, -0.2) is 0 Å². The van der Waals surface area contributed by atoms with Crippen LogP contribution in [-0.2, 0) is 4.74 Å². The molecule has 0 fully saturated rings. The predicted octanol–water partition coefficient (Wildman–Crippen LogP) is 8.80. The largest absolute Gasteiger partial charge is 0.424 e. The van der Waals surface area contributed by atoms with Crippen molar-refractivity contribution in [2.24, 2.45) is 0 Å². The third kappa shape index (κ3) is 12.5. The van der Waals surface area contributed by atoms with Crippen molar-refractivity contribution in [3.05, 3.63) is 60.7 Å². The van der Waals surface area contributed by atoms with E-state index in [4.69, 9.17) is 4.74 Å². The monoisotopic (exact) mass is 548 g/mol. The highest BCUT2D eigenvalue weighted by Gasteiger charge is 2.49. The maximum atomic E-state index is 12.3. The quantitative estimate of drug-likeness (QED) is 0.0959. The summed E-state index contributed by atoms with van der Waals surface area (Å²) < 4.78 is 5.73. The molecule has 2 rings (SSSR count). The third-order valence-corrected chi connectivity index (χ3v) is 12.6. The van der Waals surface area contributed by atoms with E-state index >= 15 is 0 Å². The van der Waals surface area contributed by atoms with Crippen molar-refractivity contribution in [3.8, 4) is 11.8 Å². The maximum Gasteiger partial charge on any atom is 0.258 e. The minimum atomic E-state index is -2.88. The summed E-state index contributed by atoms with van der Waals surface area (Å²) in [5, 5.41) is 2.06. The summed E-state index contributed by atoms with van der Waals surface area (Å²) in [6, 6.07) is 20.7. The summed E-state index contributed by atoms with van der Waals surface area (Å²) in [5.74, 6) is 6.80. The van der Waals surface area contributed by atoms with Crippen molar-refractivity contribution >= 4 is 18.7 Å². The van der Waals surface area contributed by atoms with Gasteiger partial charge in [0.25, 0.3) is 8.32 Å². The molecule has 0 atom stereocenters. The van der Waals surface area contributed by atoms with Crippen LogP contribution in [-0.4, -0.2) is 26.3 Å². The molecule has 1 N–H and O–H groups in total. The van der Waals surface area contributed by atoms with Crippen molar-refractivity contribution in [3.63, 3.8) is 0 Å². The molecule has 216 valence electrons. The van der Waals surface area contributed by atoms with Gasteiger partial charge in [-0.05, 0) is 47.5 Å². The summed E-state index contributed by atoms with van der Waals surface area (Å²) >= 11 is 0. The van der Waals surface area contributed by atoms with Crippen LogP contribution >= 0.6 is 0 Å². The average molecular weight is 549 g/mol. The molecule has 0 saturated carbocycles. The molecule has 2 aromatic rings. The summed E-state index contributed by atoms with van der Waals surface area (Å²) in [6.45, 7) is 8.67. The van der Waals surface area contributed by atoms with E-state index in [0.29, 0.717) is 0 Å². The second-order valence-electron chi connectivity index (χ2n) is 11.8. The van der Waals surface area contributed by atoms with Gasteiger partial charge in [0.1, 0.15) is 0 Å². The van der Waals surface area contributed by atoms with Crippen LogP contribution in [0.3, 0.4) is 0 Å². The van der Waals surface area contributed by atoms with Gasteiger partial charge in [-0.15, -0.1) is 11.8 Å². The van der Waals surface area contributed by atoms with Crippen molar-refractivity contribution < 1.29 is 9.53 Å². The smallest absolute Gasteiger partial charge is 0.258 e. The highest BCUT2D eigenvalue weighted by molar-refractivity contribution is 6.98. The fraction of sp³-hybridized carbons (Fsp3) is 0.611. The van der Waals surface area contributed by atoms with Crippen LogP contribution in [0.2, 0.25) is 5.04 Å². The van der Waals surface area contributed by atoms with E-state index in [0.717, 1.165) is 55.7 Å². The normalized spacial score (nSPS) is 11.8. The van der Waals surface area contributed by atoms with E-state index < -0.39 is 8.32 Å². The average Bonchev–Trinajstić information content (AvgIpc) is 2.96. The van der Waals surface area contributed by atoms with Crippen molar-refractivity contribution in [1.82, 2.24) is 0 Å². The Morgan fingerprint density at radius 3 is 1.56 bits per heavy atom. The zero-order valence-electron chi connectivity index (χ0n) is 25.4. The third-order valence-electron chi connectivity index (χ3n) is 8.07. The van der Waals surface area contributed by atoms with Gasteiger partial charge in [0.15, 0.2) is 0 Å². The molecular weight excluding hydrogens is 492 g/mol. The van der Waals surface area contributed by atoms with Crippen LogP contribution in [0.15, 0.2) is 60.7 Å². The Morgan fingerprint density at radius 2 is 1.05 bits per heavy atom. The SMILES string of the molecule is CCCCCCOCCCCCCCCC#CCCCCCC(C)(C)[Si](O)(c1ccccc1)c1ccccc1. The molecule has 0 radical (unpaired) electrons. The second-order valence-corrected chi connectivity index (χ2v) is 15.7. The zero-order chi connectivity index (χ0) is 28.1. The highest BCUT2D eigenvalue weighted by atomic mass is 28.4. The molecule has 0 aromatic heterocycles. The van der Waals surface area contributed by atoms with E-state index in [1.165, 1.54) is 70.6 Å². The van der Waals surface area contributed by atoms with Gasteiger partial charge in [0, 0.05) is 26.1 Å². The topological polar surface area (TPSA) is 29.5 Å². The van der Waals surface area contributed by atoms with Crippen molar-refractivity contribution in [2.45, 2.75) is 129 Å². The van der Waals surface area contributed by atoms with Crippen LogP contribution in [0.4, 0.5) is 0 Å². The van der Waals surface area contributed by atoms with Crippen molar-refractivity contribution in [1.29, 1.82) is 0 Å². The van der Waals surface area contributed by atoms with Crippen LogP contribution in [0.5, 0.6) is 0 Å². The lowest BCUT2D eigenvalue weighted by Gasteiger charge is -2.41. The summed E-state index contributed by atoms with van der Waals surface area (Å²) in [6.07, 6.45) is 19.4. The molecular formula is C36H56O2Si. The minimum absolute atomic E-state index is 0.150. The standard InChI is InChI=1S/C36H56O2Si/c1-4-5-6-25-32-38-33-26-17-15-13-11-9-7-8-10-12-14-16-24-31-36(2,3)39(37,34-27-20-18-21-28-34)35-29-22-19-23-30-35/h18-23,27-30,37H,4-7,9,11-17,24-26,31-33H2,1-3H3. The van der Waals surface area contributed by atoms with Gasteiger partial charge in [0.2, 0.25) is 0 Å². The Kier molecular flexibility index (Phi) is 17.2. The Morgan fingerprint density at radius 1 is 0.615 bits per heavy atom. The molecule has 0 bridgehead atoms. The Balaban J connectivity index is 1.55. The van der Waals surface area contributed by atoms with Gasteiger partial charge >= 0.3 is 0 Å². The summed E-state index contributed by atoms with van der Waals surface area (Å²) in [5.41, 5.74) is 0. The number of ether oxygens (including phenoxy) is 1. The van der Waals surface area contributed by atoms with E-state index in [1.54, 1.807) is 0 Å². The molecule has 39 heavy (non-hydrogen) atoms. The zero-order valence-corrected chi connectivity index (χ0v) is 26.4. The van der Waals surface area contributed by atoms with E-state index in [-0.39, 0.29) is 5.04 Å². The molecule has 0 heterocycles. The molecule has 0 aliphatic rings. The Labute approximate surface area is 242 Å². The van der Waals surface area contributed by atoms with E-state index in [1.807, 2.05) is 12.1 Å². The number of unbranched alkanes of at least 4 members (excludes halogenated alkanes) is 12. The molecule has 0 unspecified atom stereocenters. The van der Waals surface area contributed by atoms with Gasteiger partial charge in [0.05, 0.1) is 0 Å². The first kappa shape index (κ1) is 33.3. The summed E-state index contributed by atoms with van der Waals surface area (Å²) in [4.78, 5) is 12.3. The number of hydrogen-bond acceptors (Lipinski definition) is 2. The molecule has 3 heteroatoms. The van der Waals surface area contributed by atoms with Crippen LogP contribution < -0.4 is 10.4 Å². The van der Waals surface area contributed by atoms with E-state index in [2.05, 4.69) is 81.1 Å². The minimum Gasteiger partial charge on any atom is -0.424 e. The van der Waals surface area contributed by atoms with Gasteiger partial charge in [-0.3, -0.25) is 0 Å². The lowest BCUT2D eigenvalue weighted by Crippen LogP contribution is -2.65. The molecule has 0 aliphatic heterocycles. The Hall–Kier alpha value is -1.86. The van der Waals surface area contributed by atoms with Gasteiger partial charge < -0.3 is 9.53 Å². The molecule has 0 amide bonds. The Bertz CT molecular complexity index is 874. The first-order chi connectivity index (χ1) is 19.0. The fourth-order valence-electron chi connectivity index (χ4n) is 5.48. The lowest BCUT2D eigenvalue weighted by molar-refractivity contribution is 0.125. The molecule has 0 aliphatic carbocycles. The molecule has 0 saturated heterocycles. The van der Waals surface area contributed by atoms with Gasteiger partial charge in [-0.2, -0.15) is 0 Å². The fourth-order valence-corrected chi connectivity index (χ4v) is 9.26. The number of benzene rings is 2. The van der Waals surface area contributed by atoms with E-state index in [9.17, 15) is 4.80 Å². The van der Waals surface area contributed by atoms with Crippen LogP contribution in [0.1, 0.15) is 124 Å². The molecule has 2 aromatic carbocycles. The predicted molar refractivity (Wildman–Crippen MR) is 172 cm³/mol. The van der Waals surface area contributed by atoms with Gasteiger partial charge in [-0.1, -0.05) is 139 Å². The van der Waals surface area contributed by atoms with Crippen molar-refractivity contribution in [2.75, 3.05) is 13.2 Å². The lowest BCUT2D eigenvalue weighted by atomic mass is 10.0. The first-order valence-corrected chi connectivity index (χ1v) is 17.8. The highest BCUT2D eigenvalue weighted by Crippen LogP contribution is 2.40. The molecule has 0 spiro atoms. The first-order valence-electron chi connectivity index (χ1n) is 15.9. The second kappa shape index (κ2) is 20.1. The maximum absolute atomic E-state index is 12.3. The van der Waals surface area contributed by atoms with Crippen LogP contribution in [0, 0.1) is 11.8 Å². The number of hydrogen-bond donors (Lipinski definition) is 1.